The number of rotatable bonds is 9. The lowest BCUT2D eigenvalue weighted by Crippen LogP contribution is -2.33. The van der Waals surface area contributed by atoms with E-state index >= 15 is 0 Å². The maximum absolute atomic E-state index is 13.2. The third-order valence-corrected chi connectivity index (χ3v) is 6.06. The topological polar surface area (TPSA) is 64.2 Å². The number of aromatic nitrogens is 3. The zero-order valence-electron chi connectivity index (χ0n) is 17.8. The van der Waals surface area contributed by atoms with Gasteiger partial charge in [0.25, 0.3) is 0 Å². The van der Waals surface area contributed by atoms with E-state index in [0.717, 1.165) is 11.1 Å². The van der Waals surface area contributed by atoms with Crippen LogP contribution in [-0.2, 0) is 11.3 Å². The maximum Gasteiger partial charge on any atom is 0.233 e. The largest absolute Gasteiger partial charge is 0.461 e. The Morgan fingerprint density at radius 2 is 1.72 bits per heavy atom. The average molecular weight is 445 g/mol. The van der Waals surface area contributed by atoms with Gasteiger partial charge in [0, 0.05) is 13.6 Å². The molecule has 162 valence electrons. The highest BCUT2D eigenvalue weighted by molar-refractivity contribution is 7.99. The smallest absolute Gasteiger partial charge is 0.233 e. The van der Waals surface area contributed by atoms with Crippen molar-refractivity contribution >= 4 is 17.7 Å². The van der Waals surface area contributed by atoms with Crippen molar-refractivity contribution in [1.29, 1.82) is 0 Å². The van der Waals surface area contributed by atoms with Crippen LogP contribution in [0.4, 0.5) is 0 Å². The molecule has 32 heavy (non-hydrogen) atoms. The number of hydrogen-bond acceptors (Lipinski definition) is 5. The summed E-state index contributed by atoms with van der Waals surface area (Å²) in [5.41, 5.74) is 2.13. The molecule has 0 saturated heterocycles. The number of furan rings is 1. The lowest BCUT2D eigenvalue weighted by Gasteiger charge is -2.29. The summed E-state index contributed by atoms with van der Waals surface area (Å²) in [5.74, 6) is 1.48. The molecule has 2 aromatic heterocycles. The molecule has 0 unspecified atom stereocenters. The molecule has 0 saturated carbocycles. The summed E-state index contributed by atoms with van der Waals surface area (Å²) >= 11 is 1.36. The Kier molecular flexibility index (Phi) is 6.87. The van der Waals surface area contributed by atoms with Gasteiger partial charge in [-0.15, -0.1) is 16.8 Å². The van der Waals surface area contributed by atoms with Gasteiger partial charge in [0.15, 0.2) is 10.9 Å². The number of carbonyl (C=O) groups is 1. The number of nitrogens with zero attached hydrogens (tertiary/aromatic N) is 4. The van der Waals surface area contributed by atoms with Gasteiger partial charge in [0.2, 0.25) is 11.7 Å². The predicted octanol–water partition coefficient (Wildman–Crippen LogP) is 5.06. The summed E-state index contributed by atoms with van der Waals surface area (Å²) in [6.45, 7) is 4.34. The van der Waals surface area contributed by atoms with E-state index in [1.807, 2.05) is 78.3 Å². The van der Waals surface area contributed by atoms with E-state index in [1.54, 1.807) is 23.3 Å². The fourth-order valence-electron chi connectivity index (χ4n) is 3.56. The van der Waals surface area contributed by atoms with Crippen LogP contribution in [0.1, 0.15) is 17.2 Å². The highest BCUT2D eigenvalue weighted by Gasteiger charge is 2.24. The molecular formula is C25H24N4O2S. The van der Waals surface area contributed by atoms with E-state index in [0.29, 0.717) is 23.3 Å². The predicted molar refractivity (Wildman–Crippen MR) is 126 cm³/mol. The second-order valence-corrected chi connectivity index (χ2v) is 8.14. The lowest BCUT2D eigenvalue weighted by molar-refractivity contribution is -0.128. The van der Waals surface area contributed by atoms with Crippen molar-refractivity contribution in [1.82, 2.24) is 19.7 Å². The van der Waals surface area contributed by atoms with Gasteiger partial charge in [-0.3, -0.25) is 9.36 Å². The lowest BCUT2D eigenvalue weighted by atomic mass is 9.97. The summed E-state index contributed by atoms with van der Waals surface area (Å²) in [4.78, 5) is 15.0. The molecule has 0 fully saturated rings. The third kappa shape index (κ3) is 4.68. The van der Waals surface area contributed by atoms with Crippen LogP contribution < -0.4 is 0 Å². The Hall–Kier alpha value is -3.58. The van der Waals surface area contributed by atoms with E-state index < -0.39 is 0 Å². The summed E-state index contributed by atoms with van der Waals surface area (Å²) in [5, 5.41) is 9.18. The molecule has 1 amide bonds. The molecule has 0 N–H and O–H groups in total. The van der Waals surface area contributed by atoms with E-state index in [1.165, 1.54) is 11.8 Å². The molecule has 0 spiro atoms. The third-order valence-electron chi connectivity index (χ3n) is 5.11. The molecule has 0 aliphatic carbocycles. The molecule has 0 atom stereocenters. The second kappa shape index (κ2) is 10.2. The van der Waals surface area contributed by atoms with Gasteiger partial charge in [-0.1, -0.05) is 78.5 Å². The Bertz CT molecular complexity index is 1120. The molecule has 4 aromatic rings. The Morgan fingerprint density at radius 3 is 2.28 bits per heavy atom. The zero-order valence-corrected chi connectivity index (χ0v) is 18.6. The van der Waals surface area contributed by atoms with Crippen molar-refractivity contribution in [2.45, 2.75) is 17.7 Å². The fraction of sp³-hybridized carbons (Fsp3) is 0.160. The summed E-state index contributed by atoms with van der Waals surface area (Å²) in [7, 11) is 1.84. The van der Waals surface area contributed by atoms with Crippen molar-refractivity contribution in [3.8, 4) is 11.6 Å². The number of amides is 1. The van der Waals surface area contributed by atoms with Gasteiger partial charge in [-0.2, -0.15) is 0 Å². The molecule has 2 aromatic carbocycles. The van der Waals surface area contributed by atoms with Crippen LogP contribution in [0.5, 0.6) is 0 Å². The summed E-state index contributed by atoms with van der Waals surface area (Å²) in [6, 6.07) is 23.6. The van der Waals surface area contributed by atoms with E-state index in [4.69, 9.17) is 4.42 Å². The van der Waals surface area contributed by atoms with Gasteiger partial charge in [-0.05, 0) is 23.3 Å². The molecular weight excluding hydrogens is 420 g/mol. The first-order valence-electron chi connectivity index (χ1n) is 10.3. The first-order chi connectivity index (χ1) is 15.7. The molecule has 7 heteroatoms. The number of carbonyl (C=O) groups excluding carboxylic acids is 1. The fourth-order valence-corrected chi connectivity index (χ4v) is 4.43. The van der Waals surface area contributed by atoms with Crippen LogP contribution in [0, 0.1) is 0 Å². The maximum atomic E-state index is 13.2. The average Bonchev–Trinajstić information content (AvgIpc) is 3.49. The molecule has 0 bridgehead atoms. The van der Waals surface area contributed by atoms with Gasteiger partial charge in [0.05, 0.1) is 18.1 Å². The van der Waals surface area contributed by atoms with E-state index in [9.17, 15) is 4.79 Å². The molecule has 6 nitrogen and oxygen atoms in total. The summed E-state index contributed by atoms with van der Waals surface area (Å²) < 4.78 is 7.37. The van der Waals surface area contributed by atoms with Crippen molar-refractivity contribution in [3.05, 3.63) is 103 Å². The first-order valence-corrected chi connectivity index (χ1v) is 11.2. The Balaban J connectivity index is 1.54. The molecule has 0 aliphatic rings. The highest BCUT2D eigenvalue weighted by Crippen LogP contribution is 2.29. The van der Waals surface area contributed by atoms with Crippen LogP contribution in [0.2, 0.25) is 0 Å². The van der Waals surface area contributed by atoms with Gasteiger partial charge < -0.3 is 9.32 Å². The minimum absolute atomic E-state index is 0.000378. The van der Waals surface area contributed by atoms with Crippen LogP contribution in [0.15, 0.2) is 101 Å². The highest BCUT2D eigenvalue weighted by atomic mass is 32.2. The Labute approximate surface area is 191 Å². The van der Waals surface area contributed by atoms with Gasteiger partial charge in [0.1, 0.15) is 0 Å². The minimum atomic E-state index is -0.171. The number of allylic oxidation sites excluding steroid dienone is 1. The van der Waals surface area contributed by atoms with E-state index in [-0.39, 0.29) is 17.7 Å². The number of benzene rings is 2. The summed E-state index contributed by atoms with van der Waals surface area (Å²) in [6.07, 6.45) is 3.37. The van der Waals surface area contributed by atoms with Crippen molar-refractivity contribution in [2.75, 3.05) is 12.8 Å². The van der Waals surface area contributed by atoms with Crippen LogP contribution in [0.25, 0.3) is 11.6 Å². The quantitative estimate of drug-likeness (QED) is 0.267. The van der Waals surface area contributed by atoms with Gasteiger partial charge in [-0.25, -0.2) is 0 Å². The van der Waals surface area contributed by atoms with E-state index in [2.05, 4.69) is 16.8 Å². The first kappa shape index (κ1) is 21.6. The normalized spacial score (nSPS) is 10.9. The van der Waals surface area contributed by atoms with Crippen molar-refractivity contribution in [2.24, 2.45) is 0 Å². The monoisotopic (exact) mass is 444 g/mol. The van der Waals surface area contributed by atoms with Crippen molar-refractivity contribution < 1.29 is 9.21 Å². The van der Waals surface area contributed by atoms with Crippen LogP contribution in [-0.4, -0.2) is 38.4 Å². The molecule has 2 heterocycles. The number of hydrogen-bond donors (Lipinski definition) is 0. The minimum Gasteiger partial charge on any atom is -0.461 e. The molecule has 0 radical (unpaired) electrons. The second-order valence-electron chi connectivity index (χ2n) is 7.20. The van der Waals surface area contributed by atoms with Gasteiger partial charge >= 0.3 is 0 Å². The van der Waals surface area contributed by atoms with Crippen molar-refractivity contribution in [3.63, 3.8) is 0 Å². The SMILES string of the molecule is C=CCn1c(SCC(=O)N(C)C(c2ccccc2)c2ccccc2)nnc1-c1ccco1. The molecule has 4 rings (SSSR count). The van der Waals surface area contributed by atoms with Crippen LogP contribution in [0.3, 0.4) is 0 Å². The number of thioether (sulfide) groups is 1. The van der Waals surface area contributed by atoms with Crippen LogP contribution >= 0.6 is 11.8 Å². The standard InChI is InChI=1S/C25H24N4O2S/c1-3-16-29-24(21-15-10-17-31-21)26-27-25(29)32-18-22(30)28(2)23(19-11-6-4-7-12-19)20-13-8-5-9-14-20/h3-15,17,23H,1,16,18H2,2H3. The Morgan fingerprint density at radius 1 is 1.06 bits per heavy atom. The zero-order chi connectivity index (χ0) is 22.3. The molecule has 0 aliphatic heterocycles.